The molecule has 1 aromatic rings. The van der Waals surface area contributed by atoms with Gasteiger partial charge in [-0.3, -0.25) is 9.89 Å². The summed E-state index contributed by atoms with van der Waals surface area (Å²) in [5.74, 6) is 1.03. The van der Waals surface area contributed by atoms with E-state index < -0.39 is 0 Å². The molecule has 6 nitrogen and oxygen atoms in total. The number of hydrogen-bond acceptors (Lipinski definition) is 4. The van der Waals surface area contributed by atoms with E-state index in [0.29, 0.717) is 0 Å². The molecule has 0 radical (unpaired) electrons. The number of aryl methyl sites for hydroxylation is 1. The monoisotopic (exact) mass is 427 g/mol. The van der Waals surface area contributed by atoms with Crippen LogP contribution in [0, 0.1) is 6.92 Å². The van der Waals surface area contributed by atoms with E-state index in [9.17, 15) is 0 Å². The molecule has 0 aromatic heterocycles. The Bertz CT molecular complexity index is 737. The lowest BCUT2D eigenvalue weighted by Crippen LogP contribution is -2.62. The number of morpholine rings is 1. The summed E-state index contributed by atoms with van der Waals surface area (Å²) in [6.45, 7) is 10.5. The van der Waals surface area contributed by atoms with Crippen LogP contribution in [0.3, 0.4) is 0 Å². The number of hydrogen-bond donors (Lipinski definition) is 1. The second-order valence-corrected chi connectivity index (χ2v) is 9.64. The fourth-order valence-corrected chi connectivity index (χ4v) is 5.56. The summed E-state index contributed by atoms with van der Waals surface area (Å²) in [4.78, 5) is 12.3. The van der Waals surface area contributed by atoms with Crippen LogP contribution in [0.25, 0.3) is 0 Å². The molecule has 1 N–H and O–H groups in total. The topological polar surface area (TPSA) is 43.3 Å². The molecule has 0 amide bonds. The van der Waals surface area contributed by atoms with Crippen LogP contribution in [0.2, 0.25) is 0 Å². The molecule has 6 heteroatoms. The highest BCUT2D eigenvalue weighted by molar-refractivity contribution is 5.80. The normalized spacial score (nSPS) is 26.1. The number of guanidine groups is 1. The number of benzene rings is 1. The van der Waals surface area contributed by atoms with Gasteiger partial charge >= 0.3 is 0 Å². The van der Waals surface area contributed by atoms with Gasteiger partial charge in [0.05, 0.1) is 13.2 Å². The van der Waals surface area contributed by atoms with Crippen molar-refractivity contribution >= 4 is 5.96 Å². The second-order valence-electron chi connectivity index (χ2n) is 9.64. The molecule has 0 bridgehead atoms. The van der Waals surface area contributed by atoms with Crippen LogP contribution in [0.4, 0.5) is 0 Å². The third kappa shape index (κ3) is 5.24. The minimum Gasteiger partial charge on any atom is -0.370 e. The molecule has 1 atom stereocenters. The van der Waals surface area contributed by atoms with Crippen LogP contribution in [0.1, 0.15) is 49.3 Å². The van der Waals surface area contributed by atoms with Crippen molar-refractivity contribution in [1.82, 2.24) is 20.0 Å². The van der Waals surface area contributed by atoms with Crippen molar-refractivity contribution in [1.29, 1.82) is 0 Å². The highest BCUT2D eigenvalue weighted by Gasteiger charge is 2.40. The zero-order valence-corrected chi connectivity index (χ0v) is 19.8. The first-order valence-corrected chi connectivity index (χ1v) is 12.2. The Hall–Kier alpha value is -1.63. The molecule has 0 aliphatic carbocycles. The van der Waals surface area contributed by atoms with Crippen molar-refractivity contribution in [2.75, 3.05) is 66.5 Å². The first-order valence-electron chi connectivity index (χ1n) is 12.2. The van der Waals surface area contributed by atoms with Gasteiger partial charge in [-0.2, -0.15) is 0 Å². The van der Waals surface area contributed by atoms with Crippen LogP contribution < -0.4 is 5.32 Å². The maximum Gasteiger partial charge on any atom is 0.193 e. The number of rotatable bonds is 4. The molecule has 1 unspecified atom stereocenters. The fourth-order valence-electron chi connectivity index (χ4n) is 5.56. The maximum atomic E-state index is 6.15. The third-order valence-corrected chi connectivity index (χ3v) is 7.63. The lowest BCUT2D eigenvalue weighted by atomic mass is 9.84. The average molecular weight is 428 g/mol. The van der Waals surface area contributed by atoms with Gasteiger partial charge in [-0.05, 0) is 77.0 Å². The smallest absolute Gasteiger partial charge is 0.193 e. The van der Waals surface area contributed by atoms with E-state index in [-0.39, 0.29) is 11.6 Å². The standard InChI is InChI=1S/C25H41N5O/c1-21-9-5-6-10-22(21)23-19-29(17-18-31-23)24(26-2)27-20-25(11-15-28(3)16-12-25)30-13-7-4-8-14-30/h5-6,9-10,23H,4,7-8,11-20H2,1-3H3,(H,26,27). The average Bonchev–Trinajstić information content (AvgIpc) is 2.82. The number of ether oxygens (including phenoxy) is 1. The Morgan fingerprint density at radius 1 is 1.10 bits per heavy atom. The predicted molar refractivity (Wildman–Crippen MR) is 128 cm³/mol. The van der Waals surface area contributed by atoms with Crippen molar-refractivity contribution in [3.05, 3.63) is 35.4 Å². The molecule has 0 saturated carbocycles. The summed E-state index contributed by atoms with van der Waals surface area (Å²) < 4.78 is 6.15. The predicted octanol–water partition coefficient (Wildman–Crippen LogP) is 2.89. The molecule has 3 aliphatic rings. The fraction of sp³-hybridized carbons (Fsp3) is 0.720. The molecule has 3 saturated heterocycles. The van der Waals surface area contributed by atoms with E-state index in [1.807, 2.05) is 7.05 Å². The zero-order valence-electron chi connectivity index (χ0n) is 19.8. The highest BCUT2D eigenvalue weighted by atomic mass is 16.5. The minimum atomic E-state index is 0.105. The second kappa shape index (κ2) is 10.3. The number of nitrogens with zero attached hydrogens (tertiary/aromatic N) is 4. The summed E-state index contributed by atoms with van der Waals surface area (Å²) in [5.41, 5.74) is 2.85. The molecular formula is C25H41N5O. The minimum absolute atomic E-state index is 0.105. The van der Waals surface area contributed by atoms with Crippen molar-refractivity contribution < 1.29 is 4.74 Å². The Kier molecular flexibility index (Phi) is 7.51. The van der Waals surface area contributed by atoms with Crippen molar-refractivity contribution in [3.63, 3.8) is 0 Å². The number of aliphatic imine (C=N–C) groups is 1. The quantitative estimate of drug-likeness (QED) is 0.591. The molecule has 0 spiro atoms. The van der Waals surface area contributed by atoms with Gasteiger partial charge in [0.15, 0.2) is 5.96 Å². The SMILES string of the molecule is CN=C(NCC1(N2CCCCC2)CCN(C)CC1)N1CCOC(c2ccccc2C)C1. The van der Waals surface area contributed by atoms with E-state index in [4.69, 9.17) is 4.74 Å². The molecule has 3 fully saturated rings. The van der Waals surface area contributed by atoms with E-state index in [2.05, 4.69) is 63.2 Å². The number of nitrogens with one attached hydrogen (secondary N) is 1. The van der Waals surface area contributed by atoms with Crippen molar-refractivity contribution in [3.8, 4) is 0 Å². The van der Waals surface area contributed by atoms with Gasteiger partial charge in [0.2, 0.25) is 0 Å². The van der Waals surface area contributed by atoms with Gasteiger partial charge in [0.1, 0.15) is 6.10 Å². The Morgan fingerprint density at radius 3 is 2.55 bits per heavy atom. The lowest BCUT2D eigenvalue weighted by molar-refractivity contribution is -0.00984. The summed E-state index contributed by atoms with van der Waals surface area (Å²) >= 11 is 0. The van der Waals surface area contributed by atoms with Gasteiger partial charge in [-0.25, -0.2) is 0 Å². The van der Waals surface area contributed by atoms with E-state index in [1.54, 1.807) is 0 Å². The summed E-state index contributed by atoms with van der Waals surface area (Å²) in [5, 5.41) is 3.81. The van der Waals surface area contributed by atoms with Crippen LogP contribution in [0.5, 0.6) is 0 Å². The summed E-state index contributed by atoms with van der Waals surface area (Å²) in [7, 11) is 4.18. The molecule has 31 heavy (non-hydrogen) atoms. The number of likely N-dealkylation sites (tertiary alicyclic amines) is 2. The molecule has 4 rings (SSSR count). The third-order valence-electron chi connectivity index (χ3n) is 7.63. The van der Waals surface area contributed by atoms with E-state index in [1.165, 1.54) is 69.4 Å². The van der Waals surface area contributed by atoms with E-state index in [0.717, 1.165) is 32.2 Å². The van der Waals surface area contributed by atoms with Crippen LogP contribution >= 0.6 is 0 Å². The van der Waals surface area contributed by atoms with E-state index >= 15 is 0 Å². The Balaban J connectivity index is 1.43. The molecule has 3 heterocycles. The largest absolute Gasteiger partial charge is 0.370 e. The van der Waals surface area contributed by atoms with Crippen LogP contribution in [0.15, 0.2) is 29.3 Å². The number of piperidine rings is 2. The van der Waals surface area contributed by atoms with Crippen LogP contribution in [-0.2, 0) is 4.74 Å². The molecule has 3 aliphatic heterocycles. The lowest BCUT2D eigenvalue weighted by Gasteiger charge is -2.50. The Morgan fingerprint density at radius 2 is 1.84 bits per heavy atom. The Labute approximate surface area is 188 Å². The molecule has 1 aromatic carbocycles. The highest BCUT2D eigenvalue weighted by Crippen LogP contribution is 2.31. The van der Waals surface area contributed by atoms with Gasteiger partial charge in [-0.15, -0.1) is 0 Å². The van der Waals surface area contributed by atoms with Gasteiger partial charge in [0, 0.05) is 25.7 Å². The van der Waals surface area contributed by atoms with Gasteiger partial charge < -0.3 is 19.9 Å². The first kappa shape index (κ1) is 22.6. The van der Waals surface area contributed by atoms with Crippen molar-refractivity contribution in [2.24, 2.45) is 4.99 Å². The van der Waals surface area contributed by atoms with Gasteiger partial charge in [0.25, 0.3) is 0 Å². The van der Waals surface area contributed by atoms with Gasteiger partial charge in [-0.1, -0.05) is 30.7 Å². The first-order chi connectivity index (χ1) is 15.1. The zero-order chi connectivity index (χ0) is 21.7. The summed E-state index contributed by atoms with van der Waals surface area (Å²) in [6, 6.07) is 8.58. The molecular weight excluding hydrogens is 386 g/mol. The summed E-state index contributed by atoms with van der Waals surface area (Å²) in [6.07, 6.45) is 6.65. The molecule has 172 valence electrons. The van der Waals surface area contributed by atoms with Crippen molar-refractivity contribution in [2.45, 2.75) is 50.7 Å². The van der Waals surface area contributed by atoms with Crippen LogP contribution in [-0.4, -0.2) is 92.7 Å². The maximum absolute atomic E-state index is 6.15.